The third-order valence-electron chi connectivity index (χ3n) is 3.84. The van der Waals surface area contributed by atoms with Crippen molar-refractivity contribution in [3.63, 3.8) is 0 Å². The molecule has 6 heteroatoms. The molecule has 4 aromatic rings. The first kappa shape index (κ1) is 17.1. The molecule has 128 valence electrons. The summed E-state index contributed by atoms with van der Waals surface area (Å²) < 4.78 is 6.93. The lowest BCUT2D eigenvalue weighted by Gasteiger charge is -2.06. The van der Waals surface area contributed by atoms with Crippen molar-refractivity contribution in [2.75, 3.05) is 5.32 Å². The van der Waals surface area contributed by atoms with E-state index in [2.05, 4.69) is 32.9 Å². The quantitative estimate of drug-likeness (QED) is 0.370. The Morgan fingerprint density at radius 2 is 1.88 bits per heavy atom. The average molecular weight is 475 g/mol. The minimum atomic E-state index is -0.267. The summed E-state index contributed by atoms with van der Waals surface area (Å²) in [6, 6.07) is 20.2. The number of benzene rings is 3. The van der Waals surface area contributed by atoms with Gasteiger partial charge in [-0.15, -0.1) is 0 Å². The number of hydrogen-bond acceptors (Lipinski definition) is 3. The molecule has 0 saturated carbocycles. The van der Waals surface area contributed by atoms with Gasteiger partial charge in [0.05, 0.1) is 10.6 Å². The minimum absolute atomic E-state index is 0.267. The highest BCUT2D eigenvalue weighted by molar-refractivity contribution is 14.1. The SMILES string of the molecule is O=C(Nc1ccc2oc(-c3cccc(I)c3)nc2c1)c1ccccc1Cl. The van der Waals surface area contributed by atoms with Crippen LogP contribution in [0.25, 0.3) is 22.6 Å². The normalized spacial score (nSPS) is 10.8. The first-order chi connectivity index (χ1) is 12.6. The van der Waals surface area contributed by atoms with Crippen molar-refractivity contribution >= 4 is 56.9 Å². The van der Waals surface area contributed by atoms with E-state index < -0.39 is 0 Å². The summed E-state index contributed by atoms with van der Waals surface area (Å²) in [6.45, 7) is 0. The third-order valence-corrected chi connectivity index (χ3v) is 4.84. The van der Waals surface area contributed by atoms with Gasteiger partial charge in [-0.3, -0.25) is 4.79 Å². The number of amides is 1. The molecule has 0 atom stereocenters. The maximum atomic E-state index is 12.4. The van der Waals surface area contributed by atoms with Crippen LogP contribution in [0.3, 0.4) is 0 Å². The van der Waals surface area contributed by atoms with Crippen LogP contribution in [0.1, 0.15) is 10.4 Å². The lowest BCUT2D eigenvalue weighted by Crippen LogP contribution is -2.12. The number of aromatic nitrogens is 1. The molecule has 4 nitrogen and oxygen atoms in total. The lowest BCUT2D eigenvalue weighted by molar-refractivity contribution is 0.102. The Bertz CT molecular complexity index is 1120. The van der Waals surface area contributed by atoms with Crippen LogP contribution >= 0.6 is 34.2 Å². The van der Waals surface area contributed by atoms with E-state index in [4.69, 9.17) is 16.0 Å². The molecule has 1 amide bonds. The summed E-state index contributed by atoms with van der Waals surface area (Å²) in [4.78, 5) is 16.9. The fraction of sp³-hybridized carbons (Fsp3) is 0. The number of halogens is 2. The van der Waals surface area contributed by atoms with Gasteiger partial charge in [0.1, 0.15) is 5.52 Å². The second-order valence-corrected chi connectivity index (χ2v) is 7.30. The highest BCUT2D eigenvalue weighted by Gasteiger charge is 2.12. The molecule has 1 heterocycles. The second kappa shape index (κ2) is 7.09. The first-order valence-corrected chi connectivity index (χ1v) is 9.28. The van der Waals surface area contributed by atoms with Crippen molar-refractivity contribution in [3.8, 4) is 11.5 Å². The predicted octanol–water partition coefficient (Wildman–Crippen LogP) is 6.01. The average Bonchev–Trinajstić information content (AvgIpc) is 3.05. The minimum Gasteiger partial charge on any atom is -0.436 e. The zero-order chi connectivity index (χ0) is 18.1. The van der Waals surface area contributed by atoms with E-state index in [1.54, 1.807) is 42.5 Å². The molecule has 0 unspecified atom stereocenters. The summed E-state index contributed by atoms with van der Waals surface area (Å²) in [7, 11) is 0. The molecule has 0 fully saturated rings. The molecule has 26 heavy (non-hydrogen) atoms. The van der Waals surface area contributed by atoms with Crippen molar-refractivity contribution in [2.24, 2.45) is 0 Å². The van der Waals surface area contributed by atoms with Crippen LogP contribution < -0.4 is 5.32 Å². The summed E-state index contributed by atoms with van der Waals surface area (Å²) in [5.41, 5.74) is 3.30. The van der Waals surface area contributed by atoms with Gasteiger partial charge in [0.2, 0.25) is 5.89 Å². The zero-order valence-corrected chi connectivity index (χ0v) is 16.3. The van der Waals surface area contributed by atoms with Gasteiger partial charge in [-0.2, -0.15) is 0 Å². The fourth-order valence-corrected chi connectivity index (χ4v) is 3.36. The van der Waals surface area contributed by atoms with E-state index in [-0.39, 0.29) is 5.91 Å². The van der Waals surface area contributed by atoms with Crippen LogP contribution in [0, 0.1) is 3.57 Å². The van der Waals surface area contributed by atoms with Gasteiger partial charge in [0.25, 0.3) is 5.91 Å². The number of nitrogens with one attached hydrogen (secondary N) is 1. The van der Waals surface area contributed by atoms with Crippen molar-refractivity contribution in [1.82, 2.24) is 4.98 Å². The van der Waals surface area contributed by atoms with Gasteiger partial charge in [0, 0.05) is 14.8 Å². The fourth-order valence-electron chi connectivity index (χ4n) is 2.59. The Morgan fingerprint density at radius 1 is 1.04 bits per heavy atom. The molecule has 4 rings (SSSR count). The number of oxazole rings is 1. The molecule has 0 radical (unpaired) electrons. The Labute approximate surface area is 168 Å². The molecular formula is C20H12ClIN2O2. The van der Waals surface area contributed by atoms with Gasteiger partial charge >= 0.3 is 0 Å². The third kappa shape index (κ3) is 3.45. The van der Waals surface area contributed by atoms with E-state index in [0.717, 1.165) is 9.13 Å². The molecule has 0 bridgehead atoms. The van der Waals surface area contributed by atoms with E-state index in [1.807, 2.05) is 24.3 Å². The molecule has 1 N–H and O–H groups in total. The molecule has 3 aromatic carbocycles. The predicted molar refractivity (Wildman–Crippen MR) is 112 cm³/mol. The Hall–Kier alpha value is -2.38. The molecule has 0 aliphatic rings. The molecule has 1 aromatic heterocycles. The molecule has 0 aliphatic heterocycles. The smallest absolute Gasteiger partial charge is 0.257 e. The number of carbonyl (C=O) groups excluding carboxylic acids is 1. The van der Waals surface area contributed by atoms with E-state index in [0.29, 0.717) is 33.3 Å². The number of fused-ring (bicyclic) bond motifs is 1. The van der Waals surface area contributed by atoms with Crippen LogP contribution in [0.5, 0.6) is 0 Å². The van der Waals surface area contributed by atoms with Crippen LogP contribution in [-0.2, 0) is 0 Å². The van der Waals surface area contributed by atoms with Crippen LogP contribution in [0.2, 0.25) is 5.02 Å². The standard InChI is InChI=1S/C20H12ClIN2O2/c21-16-7-2-1-6-15(16)19(25)23-14-8-9-18-17(11-14)24-20(26-18)12-4-3-5-13(22)10-12/h1-11H,(H,23,25). The van der Waals surface area contributed by atoms with Crippen LogP contribution in [-0.4, -0.2) is 10.9 Å². The zero-order valence-electron chi connectivity index (χ0n) is 13.4. The maximum absolute atomic E-state index is 12.4. The van der Waals surface area contributed by atoms with E-state index >= 15 is 0 Å². The Morgan fingerprint density at radius 3 is 2.69 bits per heavy atom. The van der Waals surface area contributed by atoms with Crippen LogP contribution in [0.15, 0.2) is 71.1 Å². The van der Waals surface area contributed by atoms with Crippen LogP contribution in [0.4, 0.5) is 5.69 Å². The summed E-state index contributed by atoms with van der Waals surface area (Å²) in [5, 5.41) is 3.25. The second-order valence-electron chi connectivity index (χ2n) is 5.65. The van der Waals surface area contributed by atoms with Gasteiger partial charge in [-0.05, 0) is 71.1 Å². The van der Waals surface area contributed by atoms with Crippen molar-refractivity contribution in [2.45, 2.75) is 0 Å². The van der Waals surface area contributed by atoms with Gasteiger partial charge in [0.15, 0.2) is 5.58 Å². The monoisotopic (exact) mass is 474 g/mol. The van der Waals surface area contributed by atoms with E-state index in [9.17, 15) is 4.79 Å². The van der Waals surface area contributed by atoms with Crippen molar-refractivity contribution < 1.29 is 9.21 Å². The Kier molecular flexibility index (Phi) is 4.65. The van der Waals surface area contributed by atoms with Gasteiger partial charge < -0.3 is 9.73 Å². The molecule has 0 saturated heterocycles. The first-order valence-electron chi connectivity index (χ1n) is 7.82. The van der Waals surface area contributed by atoms with Crippen molar-refractivity contribution in [1.29, 1.82) is 0 Å². The summed E-state index contributed by atoms with van der Waals surface area (Å²) in [6.07, 6.45) is 0. The molecule has 0 spiro atoms. The summed E-state index contributed by atoms with van der Waals surface area (Å²) >= 11 is 8.33. The van der Waals surface area contributed by atoms with Crippen molar-refractivity contribution in [3.05, 3.63) is 80.9 Å². The number of rotatable bonds is 3. The number of nitrogens with zero attached hydrogens (tertiary/aromatic N) is 1. The number of carbonyl (C=O) groups is 1. The maximum Gasteiger partial charge on any atom is 0.257 e. The topological polar surface area (TPSA) is 55.1 Å². The van der Waals surface area contributed by atoms with Gasteiger partial charge in [-0.1, -0.05) is 29.8 Å². The van der Waals surface area contributed by atoms with E-state index in [1.165, 1.54) is 0 Å². The molecule has 0 aliphatic carbocycles. The number of hydrogen-bond donors (Lipinski definition) is 1. The molecular weight excluding hydrogens is 463 g/mol. The Balaban J connectivity index is 1.64. The summed E-state index contributed by atoms with van der Waals surface area (Å²) in [5.74, 6) is 0.282. The van der Waals surface area contributed by atoms with Gasteiger partial charge in [-0.25, -0.2) is 4.98 Å². The highest BCUT2D eigenvalue weighted by Crippen LogP contribution is 2.27. The lowest BCUT2D eigenvalue weighted by atomic mass is 10.2. The number of anilines is 1. The highest BCUT2D eigenvalue weighted by atomic mass is 127. The largest absolute Gasteiger partial charge is 0.436 e.